The Kier molecular flexibility index (Phi) is 3.45. The number of carboxylic acids is 1. The van der Waals surface area contributed by atoms with Crippen LogP contribution in [0.25, 0.3) is 0 Å². The van der Waals surface area contributed by atoms with E-state index >= 15 is 0 Å². The number of hydrogen-bond acceptors (Lipinski definition) is 4. The summed E-state index contributed by atoms with van der Waals surface area (Å²) >= 11 is 5.79. The smallest absolute Gasteiger partial charge is 0.335 e. The second kappa shape index (κ2) is 4.90. The van der Waals surface area contributed by atoms with Gasteiger partial charge in [0.15, 0.2) is 0 Å². The highest BCUT2D eigenvalue weighted by molar-refractivity contribution is 7.92. The first-order chi connectivity index (χ1) is 8.90. The van der Waals surface area contributed by atoms with Gasteiger partial charge in [-0.1, -0.05) is 11.6 Å². The number of carbonyl (C=O) groups is 1. The lowest BCUT2D eigenvalue weighted by atomic mass is 10.2. The van der Waals surface area contributed by atoms with Gasteiger partial charge in [0.2, 0.25) is 0 Å². The Balaban J connectivity index is 2.45. The second-order valence-electron chi connectivity index (χ2n) is 3.53. The molecule has 19 heavy (non-hydrogen) atoms. The van der Waals surface area contributed by atoms with Crippen molar-refractivity contribution in [3.63, 3.8) is 0 Å². The molecule has 0 amide bonds. The topological polar surface area (TPSA) is 112 Å². The molecule has 0 radical (unpaired) electrons. The second-order valence-corrected chi connectivity index (χ2v) is 5.58. The third-order valence-corrected chi connectivity index (χ3v) is 4.06. The van der Waals surface area contributed by atoms with Gasteiger partial charge in [-0.15, -0.1) is 0 Å². The third kappa shape index (κ3) is 2.85. The Morgan fingerprint density at radius 2 is 2.11 bits per heavy atom. The van der Waals surface area contributed by atoms with Crippen LogP contribution >= 0.6 is 11.6 Å². The number of nitrogens with one attached hydrogen (secondary N) is 2. The monoisotopic (exact) mass is 301 g/mol. The molecule has 9 heteroatoms. The van der Waals surface area contributed by atoms with E-state index in [0.29, 0.717) is 0 Å². The van der Waals surface area contributed by atoms with Gasteiger partial charge in [-0.25, -0.2) is 13.2 Å². The molecule has 0 saturated heterocycles. The maximum absolute atomic E-state index is 12.1. The number of sulfonamides is 1. The highest BCUT2D eigenvalue weighted by Gasteiger charge is 2.20. The summed E-state index contributed by atoms with van der Waals surface area (Å²) < 4.78 is 26.3. The van der Waals surface area contributed by atoms with Gasteiger partial charge in [0.05, 0.1) is 16.8 Å². The largest absolute Gasteiger partial charge is 0.478 e. The lowest BCUT2D eigenvalue weighted by molar-refractivity contribution is 0.0696. The van der Waals surface area contributed by atoms with Crippen LogP contribution < -0.4 is 4.72 Å². The summed E-state index contributed by atoms with van der Waals surface area (Å²) in [6.07, 6.45) is 1.37. The molecule has 0 bridgehead atoms. The summed E-state index contributed by atoms with van der Waals surface area (Å²) in [5.41, 5.74) is -0.172. The lowest BCUT2D eigenvalue weighted by Crippen LogP contribution is -2.14. The van der Waals surface area contributed by atoms with Crippen molar-refractivity contribution in [1.29, 1.82) is 0 Å². The number of nitrogens with zero attached hydrogens (tertiary/aromatic N) is 1. The van der Waals surface area contributed by atoms with Gasteiger partial charge in [-0.2, -0.15) is 5.10 Å². The molecule has 2 aromatic rings. The Hall–Kier alpha value is -2.06. The Bertz CT molecular complexity index is 712. The van der Waals surface area contributed by atoms with Crippen molar-refractivity contribution in [3.8, 4) is 0 Å². The maximum Gasteiger partial charge on any atom is 0.335 e. The van der Waals surface area contributed by atoms with Crippen molar-refractivity contribution in [3.05, 3.63) is 41.0 Å². The molecule has 0 atom stereocenters. The van der Waals surface area contributed by atoms with Gasteiger partial charge in [0, 0.05) is 6.07 Å². The number of H-pyrrole nitrogens is 1. The molecule has 0 spiro atoms. The zero-order valence-corrected chi connectivity index (χ0v) is 10.9. The summed E-state index contributed by atoms with van der Waals surface area (Å²) in [7, 11) is -3.99. The van der Waals surface area contributed by atoms with Crippen LogP contribution in [0.1, 0.15) is 10.4 Å². The van der Waals surface area contributed by atoms with Crippen LogP contribution in [0.5, 0.6) is 0 Å². The molecule has 0 fully saturated rings. The van der Waals surface area contributed by atoms with Crippen molar-refractivity contribution in [2.45, 2.75) is 4.90 Å². The predicted octanol–water partition coefficient (Wildman–Crippen LogP) is 1.56. The molecule has 3 N–H and O–H groups in total. The fraction of sp³-hybridized carbons (Fsp3) is 0. The number of halogens is 1. The molecule has 0 saturated carbocycles. The van der Waals surface area contributed by atoms with E-state index in [1.165, 1.54) is 24.4 Å². The number of aromatic nitrogens is 2. The molecule has 0 unspecified atom stereocenters. The van der Waals surface area contributed by atoms with Crippen LogP contribution in [0.3, 0.4) is 0 Å². The van der Waals surface area contributed by atoms with E-state index in [0.717, 1.165) is 6.07 Å². The van der Waals surface area contributed by atoms with Crippen molar-refractivity contribution in [1.82, 2.24) is 10.2 Å². The van der Waals surface area contributed by atoms with Gasteiger partial charge < -0.3 is 5.11 Å². The standard InChI is InChI=1S/C10H8ClN3O4S/c11-7-2-1-6(10(15)16)5-8(7)19(17,18)14-9-3-4-12-13-9/h1-5H,(H,15,16)(H2,12,13,14). The Labute approximate surface area is 113 Å². The summed E-state index contributed by atoms with van der Waals surface area (Å²) in [6.45, 7) is 0. The van der Waals surface area contributed by atoms with Crippen LogP contribution in [-0.2, 0) is 10.0 Å². The number of carboxylic acid groups (broad SMARTS) is 1. The number of hydrogen-bond donors (Lipinski definition) is 3. The fourth-order valence-electron chi connectivity index (χ4n) is 1.35. The number of rotatable bonds is 4. The number of aromatic amines is 1. The first-order valence-corrected chi connectivity index (χ1v) is 6.81. The van der Waals surface area contributed by atoms with Crippen molar-refractivity contribution in [2.75, 3.05) is 4.72 Å². The summed E-state index contributed by atoms with van der Waals surface area (Å²) in [6, 6.07) is 4.84. The zero-order chi connectivity index (χ0) is 14.0. The van der Waals surface area contributed by atoms with E-state index in [1.807, 2.05) is 0 Å². The molecular formula is C10H8ClN3O4S. The quantitative estimate of drug-likeness (QED) is 0.793. The molecule has 7 nitrogen and oxygen atoms in total. The van der Waals surface area contributed by atoms with E-state index < -0.39 is 16.0 Å². The molecule has 0 aliphatic heterocycles. The third-order valence-electron chi connectivity index (χ3n) is 2.21. The van der Waals surface area contributed by atoms with Crippen LogP contribution in [-0.4, -0.2) is 29.7 Å². The number of aromatic carboxylic acids is 1. The van der Waals surface area contributed by atoms with Gasteiger partial charge in [0.25, 0.3) is 10.0 Å². The SMILES string of the molecule is O=C(O)c1ccc(Cl)c(S(=O)(=O)Nc2ccn[nH]2)c1. The normalized spacial score (nSPS) is 11.2. The van der Waals surface area contributed by atoms with Gasteiger partial charge >= 0.3 is 5.97 Å². The zero-order valence-electron chi connectivity index (χ0n) is 9.29. The molecular weight excluding hydrogens is 294 g/mol. The number of benzene rings is 1. The maximum atomic E-state index is 12.1. The van der Waals surface area contributed by atoms with Crippen LogP contribution in [0.15, 0.2) is 35.4 Å². The van der Waals surface area contributed by atoms with Gasteiger partial charge in [-0.05, 0) is 18.2 Å². The van der Waals surface area contributed by atoms with Crippen LogP contribution in [0.4, 0.5) is 5.82 Å². The molecule has 1 heterocycles. The minimum atomic E-state index is -3.99. The first-order valence-electron chi connectivity index (χ1n) is 4.95. The summed E-state index contributed by atoms with van der Waals surface area (Å²) in [5, 5.41) is 14.8. The van der Waals surface area contributed by atoms with Crippen LogP contribution in [0, 0.1) is 0 Å². The molecule has 100 valence electrons. The van der Waals surface area contributed by atoms with E-state index in [2.05, 4.69) is 14.9 Å². The van der Waals surface area contributed by atoms with E-state index in [9.17, 15) is 13.2 Å². The summed E-state index contributed by atoms with van der Waals surface area (Å²) in [4.78, 5) is 10.5. The van der Waals surface area contributed by atoms with E-state index in [-0.39, 0.29) is 21.3 Å². The Morgan fingerprint density at radius 3 is 2.68 bits per heavy atom. The lowest BCUT2D eigenvalue weighted by Gasteiger charge is -2.08. The molecule has 2 rings (SSSR count). The van der Waals surface area contributed by atoms with Crippen molar-refractivity contribution >= 4 is 33.4 Å². The number of anilines is 1. The predicted molar refractivity (Wildman–Crippen MR) is 67.8 cm³/mol. The van der Waals surface area contributed by atoms with Crippen molar-refractivity contribution in [2.24, 2.45) is 0 Å². The minimum Gasteiger partial charge on any atom is -0.478 e. The highest BCUT2D eigenvalue weighted by atomic mass is 35.5. The fourth-order valence-corrected chi connectivity index (χ4v) is 2.90. The molecule has 1 aromatic carbocycles. The highest BCUT2D eigenvalue weighted by Crippen LogP contribution is 2.24. The van der Waals surface area contributed by atoms with Gasteiger partial charge in [0.1, 0.15) is 10.7 Å². The minimum absolute atomic E-state index is 0.0722. The van der Waals surface area contributed by atoms with E-state index in [4.69, 9.17) is 16.7 Å². The first kappa shape index (κ1) is 13.4. The average molecular weight is 302 g/mol. The Morgan fingerprint density at radius 1 is 1.37 bits per heavy atom. The van der Waals surface area contributed by atoms with E-state index in [1.54, 1.807) is 0 Å². The average Bonchev–Trinajstić information content (AvgIpc) is 2.81. The van der Waals surface area contributed by atoms with Gasteiger partial charge in [-0.3, -0.25) is 9.82 Å². The molecule has 1 aromatic heterocycles. The summed E-state index contributed by atoms with van der Waals surface area (Å²) in [5.74, 6) is -1.09. The van der Waals surface area contributed by atoms with Crippen LogP contribution in [0.2, 0.25) is 5.02 Å². The molecule has 0 aliphatic carbocycles. The van der Waals surface area contributed by atoms with Crippen molar-refractivity contribution < 1.29 is 18.3 Å². The molecule has 0 aliphatic rings.